The predicted octanol–water partition coefficient (Wildman–Crippen LogP) is 14.4. The molecular formula is C48H31NOS. The fraction of sp³-hybridized carbons (Fsp3) is 0. The minimum atomic E-state index is 0.859. The highest BCUT2D eigenvalue weighted by Crippen LogP contribution is 2.46. The van der Waals surface area contributed by atoms with Gasteiger partial charge in [0.05, 0.1) is 5.69 Å². The number of hydrogen-bond donors (Lipinski definition) is 0. The van der Waals surface area contributed by atoms with E-state index in [1.807, 2.05) is 11.3 Å². The van der Waals surface area contributed by atoms with Crippen molar-refractivity contribution in [2.45, 2.75) is 0 Å². The lowest BCUT2D eigenvalue weighted by Gasteiger charge is -2.26. The van der Waals surface area contributed by atoms with Gasteiger partial charge in [-0.3, -0.25) is 0 Å². The molecule has 2 nitrogen and oxygen atoms in total. The largest absolute Gasteiger partial charge is 0.454 e. The summed E-state index contributed by atoms with van der Waals surface area (Å²) in [5.41, 5.74) is 11.9. The first-order chi connectivity index (χ1) is 25.3. The lowest BCUT2D eigenvalue weighted by atomic mass is 9.98. The minimum Gasteiger partial charge on any atom is -0.454 e. The fourth-order valence-electron chi connectivity index (χ4n) is 7.48. The van der Waals surface area contributed by atoms with Crippen LogP contribution < -0.4 is 4.90 Å². The van der Waals surface area contributed by atoms with Gasteiger partial charge in [0.2, 0.25) is 0 Å². The average molecular weight is 670 g/mol. The summed E-state index contributed by atoms with van der Waals surface area (Å²) in [5.74, 6) is 0. The molecule has 2 heterocycles. The third kappa shape index (κ3) is 5.10. The van der Waals surface area contributed by atoms with E-state index >= 15 is 0 Å². The Morgan fingerprint density at radius 2 is 0.980 bits per heavy atom. The van der Waals surface area contributed by atoms with Crippen molar-refractivity contribution in [2.75, 3.05) is 4.90 Å². The molecule has 10 rings (SSSR count). The number of furan rings is 1. The Bertz CT molecular complexity index is 2780. The van der Waals surface area contributed by atoms with Crippen LogP contribution in [0, 0.1) is 0 Å². The Balaban J connectivity index is 1.18. The van der Waals surface area contributed by atoms with Gasteiger partial charge < -0.3 is 9.32 Å². The zero-order valence-corrected chi connectivity index (χ0v) is 28.5. The molecule has 0 fully saturated rings. The van der Waals surface area contributed by atoms with Crippen LogP contribution in [0.3, 0.4) is 0 Å². The molecule has 2 aromatic heterocycles. The molecule has 0 saturated carbocycles. The van der Waals surface area contributed by atoms with Gasteiger partial charge in [-0.15, -0.1) is 11.3 Å². The molecule has 0 bridgehead atoms. The minimum absolute atomic E-state index is 0.859. The van der Waals surface area contributed by atoms with Gasteiger partial charge in [-0.2, -0.15) is 0 Å². The summed E-state index contributed by atoms with van der Waals surface area (Å²) in [6.45, 7) is 0. The van der Waals surface area contributed by atoms with Gasteiger partial charge in [0.25, 0.3) is 0 Å². The van der Waals surface area contributed by atoms with Crippen LogP contribution in [0.5, 0.6) is 0 Å². The molecule has 0 aliphatic heterocycles. The summed E-state index contributed by atoms with van der Waals surface area (Å²) in [7, 11) is 0. The van der Waals surface area contributed by atoms with Crippen molar-refractivity contribution in [1.29, 1.82) is 0 Å². The maximum absolute atomic E-state index is 6.90. The van der Waals surface area contributed by atoms with Crippen molar-refractivity contribution in [3.8, 4) is 33.4 Å². The van der Waals surface area contributed by atoms with E-state index < -0.39 is 0 Å². The second-order valence-corrected chi connectivity index (χ2v) is 14.0. The Morgan fingerprint density at radius 3 is 1.71 bits per heavy atom. The molecule has 0 unspecified atom stereocenters. The SMILES string of the molecule is c1ccc(-c2cccc(N(c3cccc(-c4ccccc4)c3)c3cccc4c3oc3cccc(-c5ccc6c(c5)sc5ccccc56)c34)c2)cc1. The van der Waals surface area contributed by atoms with Crippen LogP contribution in [0.15, 0.2) is 192 Å². The summed E-state index contributed by atoms with van der Waals surface area (Å²) >= 11 is 1.85. The summed E-state index contributed by atoms with van der Waals surface area (Å²) in [6.07, 6.45) is 0. The van der Waals surface area contributed by atoms with Crippen LogP contribution in [-0.2, 0) is 0 Å². The number of para-hydroxylation sites is 1. The van der Waals surface area contributed by atoms with Crippen LogP contribution >= 0.6 is 11.3 Å². The monoisotopic (exact) mass is 669 g/mol. The number of rotatable bonds is 6. The zero-order chi connectivity index (χ0) is 33.7. The first-order valence-corrected chi connectivity index (χ1v) is 18.1. The van der Waals surface area contributed by atoms with E-state index in [0.717, 1.165) is 50.1 Å². The van der Waals surface area contributed by atoms with Crippen LogP contribution in [0.1, 0.15) is 0 Å². The Kier molecular flexibility index (Phi) is 7.04. The highest BCUT2D eigenvalue weighted by atomic mass is 32.1. The molecule has 0 N–H and O–H groups in total. The summed E-state index contributed by atoms with van der Waals surface area (Å²) < 4.78 is 9.50. The van der Waals surface area contributed by atoms with Crippen LogP contribution in [0.4, 0.5) is 17.1 Å². The number of fused-ring (bicyclic) bond motifs is 6. The number of hydrogen-bond acceptors (Lipinski definition) is 3. The molecule has 0 aliphatic rings. The van der Waals surface area contributed by atoms with Crippen molar-refractivity contribution in [1.82, 2.24) is 0 Å². The highest BCUT2D eigenvalue weighted by molar-refractivity contribution is 7.25. The van der Waals surface area contributed by atoms with Crippen LogP contribution in [0.2, 0.25) is 0 Å². The molecule has 3 heteroatoms. The van der Waals surface area contributed by atoms with E-state index in [1.54, 1.807) is 0 Å². The van der Waals surface area contributed by atoms with Gasteiger partial charge in [0.15, 0.2) is 5.58 Å². The van der Waals surface area contributed by atoms with Gasteiger partial charge in [-0.1, -0.05) is 140 Å². The molecule has 0 atom stereocenters. The lowest BCUT2D eigenvalue weighted by Crippen LogP contribution is -2.10. The first-order valence-electron chi connectivity index (χ1n) is 17.3. The molecule has 8 aromatic carbocycles. The zero-order valence-electron chi connectivity index (χ0n) is 27.7. The topological polar surface area (TPSA) is 16.4 Å². The standard InChI is InChI=1S/C48H31NOS/c1-3-13-32(14-4-1)34-17-9-19-37(29-34)49(38-20-10-18-35(30-38)33-15-5-2-6-16-33)43-24-11-23-42-47-39(22-12-25-44(47)50-48(42)43)36-27-28-41-40-21-7-8-26-45(40)51-46(41)31-36/h1-31H. The molecular weight excluding hydrogens is 639 g/mol. The molecule has 51 heavy (non-hydrogen) atoms. The summed E-state index contributed by atoms with van der Waals surface area (Å²) in [5, 5.41) is 4.84. The van der Waals surface area contributed by atoms with Gasteiger partial charge in [-0.05, 0) is 81.9 Å². The smallest absolute Gasteiger partial charge is 0.159 e. The number of nitrogens with zero attached hydrogens (tertiary/aromatic N) is 1. The molecule has 0 spiro atoms. The average Bonchev–Trinajstić information content (AvgIpc) is 3.78. The van der Waals surface area contributed by atoms with Gasteiger partial charge in [-0.25, -0.2) is 0 Å². The second-order valence-electron chi connectivity index (χ2n) is 12.9. The second kappa shape index (κ2) is 12.2. The van der Waals surface area contributed by atoms with Gasteiger partial charge >= 0.3 is 0 Å². The van der Waals surface area contributed by atoms with Crippen molar-refractivity contribution in [3.63, 3.8) is 0 Å². The number of benzene rings is 8. The predicted molar refractivity (Wildman–Crippen MR) is 218 cm³/mol. The van der Waals surface area contributed by atoms with E-state index in [1.165, 1.54) is 42.4 Å². The first kappa shape index (κ1) is 29.5. The third-order valence-electron chi connectivity index (χ3n) is 9.86. The molecule has 0 radical (unpaired) electrons. The van der Waals surface area contributed by atoms with Crippen LogP contribution in [-0.4, -0.2) is 0 Å². The van der Waals surface area contributed by atoms with Crippen molar-refractivity contribution < 1.29 is 4.42 Å². The summed E-state index contributed by atoms with van der Waals surface area (Å²) in [6, 6.07) is 67.2. The molecule has 240 valence electrons. The molecule has 0 amide bonds. The molecule has 10 aromatic rings. The fourth-order valence-corrected chi connectivity index (χ4v) is 8.63. The van der Waals surface area contributed by atoms with Crippen LogP contribution in [0.25, 0.3) is 75.5 Å². The van der Waals surface area contributed by atoms with E-state index in [-0.39, 0.29) is 0 Å². The maximum Gasteiger partial charge on any atom is 0.159 e. The van der Waals surface area contributed by atoms with E-state index in [4.69, 9.17) is 4.42 Å². The molecule has 0 saturated heterocycles. The van der Waals surface area contributed by atoms with E-state index in [2.05, 4.69) is 193 Å². The Labute approximate surface area is 300 Å². The van der Waals surface area contributed by atoms with E-state index in [9.17, 15) is 0 Å². The van der Waals surface area contributed by atoms with Crippen molar-refractivity contribution in [3.05, 3.63) is 188 Å². The molecule has 0 aliphatic carbocycles. The maximum atomic E-state index is 6.90. The summed E-state index contributed by atoms with van der Waals surface area (Å²) in [4.78, 5) is 2.34. The normalized spacial score (nSPS) is 11.5. The lowest BCUT2D eigenvalue weighted by molar-refractivity contribution is 0.669. The Hall–Kier alpha value is -6.42. The highest BCUT2D eigenvalue weighted by Gasteiger charge is 2.22. The Morgan fingerprint density at radius 1 is 0.392 bits per heavy atom. The van der Waals surface area contributed by atoms with Crippen molar-refractivity contribution in [2.24, 2.45) is 0 Å². The quantitative estimate of drug-likeness (QED) is 0.175. The number of anilines is 3. The van der Waals surface area contributed by atoms with Gasteiger partial charge in [0, 0.05) is 42.3 Å². The van der Waals surface area contributed by atoms with Gasteiger partial charge in [0.1, 0.15) is 5.58 Å². The third-order valence-corrected chi connectivity index (χ3v) is 11.0. The van der Waals surface area contributed by atoms with E-state index in [0.29, 0.717) is 0 Å². The number of thiophene rings is 1. The van der Waals surface area contributed by atoms with Crippen molar-refractivity contribution >= 4 is 70.5 Å².